The van der Waals surface area contributed by atoms with Crippen LogP contribution < -0.4 is 10.5 Å². The van der Waals surface area contributed by atoms with Crippen LogP contribution in [-0.4, -0.2) is 15.0 Å². The molecule has 0 amide bonds. The number of aromatic nitrogens is 3. The number of hydrogen-bond acceptors (Lipinski definition) is 4. The predicted octanol–water partition coefficient (Wildman–Crippen LogP) is 1.55. The summed E-state index contributed by atoms with van der Waals surface area (Å²) in [7, 11) is 1.76. The highest BCUT2D eigenvalue weighted by atomic mass is 19.1. The Morgan fingerprint density at radius 2 is 2.28 bits per heavy atom. The molecule has 1 aromatic carbocycles. The molecule has 1 heterocycles. The van der Waals surface area contributed by atoms with Crippen molar-refractivity contribution in [2.75, 3.05) is 0 Å². The summed E-state index contributed by atoms with van der Waals surface area (Å²) in [6, 6.07) is 4.51. The molecule has 0 aliphatic rings. The first-order chi connectivity index (χ1) is 8.56. The summed E-state index contributed by atoms with van der Waals surface area (Å²) in [6.45, 7) is 1.98. The van der Waals surface area contributed by atoms with Gasteiger partial charge in [-0.1, -0.05) is 11.3 Å². The van der Waals surface area contributed by atoms with Gasteiger partial charge in [-0.3, -0.25) is 4.68 Å². The first-order valence-electron chi connectivity index (χ1n) is 5.59. The predicted molar refractivity (Wildman–Crippen MR) is 64.3 cm³/mol. The van der Waals surface area contributed by atoms with E-state index in [9.17, 15) is 4.39 Å². The molecule has 1 atom stereocenters. The van der Waals surface area contributed by atoms with Gasteiger partial charge in [0.2, 0.25) is 0 Å². The zero-order chi connectivity index (χ0) is 13.1. The fourth-order valence-electron chi connectivity index (χ4n) is 1.53. The van der Waals surface area contributed by atoms with Crippen LogP contribution >= 0.6 is 0 Å². The van der Waals surface area contributed by atoms with Crippen LogP contribution in [0.3, 0.4) is 0 Å². The maximum Gasteiger partial charge on any atom is 0.165 e. The van der Waals surface area contributed by atoms with E-state index in [0.29, 0.717) is 5.69 Å². The Labute approximate surface area is 104 Å². The van der Waals surface area contributed by atoms with Crippen molar-refractivity contribution in [2.45, 2.75) is 19.6 Å². The minimum absolute atomic E-state index is 0.183. The summed E-state index contributed by atoms with van der Waals surface area (Å²) >= 11 is 0. The maximum absolute atomic E-state index is 13.7. The molecule has 2 aromatic rings. The van der Waals surface area contributed by atoms with Crippen molar-refractivity contribution in [3.8, 4) is 5.75 Å². The van der Waals surface area contributed by atoms with Gasteiger partial charge in [0.15, 0.2) is 11.6 Å². The van der Waals surface area contributed by atoms with E-state index >= 15 is 0 Å². The molecule has 96 valence electrons. The molecule has 0 saturated heterocycles. The second kappa shape index (κ2) is 5.14. The Morgan fingerprint density at radius 1 is 1.50 bits per heavy atom. The lowest BCUT2D eigenvalue weighted by Gasteiger charge is -2.09. The SMILES string of the molecule is C[C@@H](N)c1ccc(OCc2cn(C)nn2)c(F)c1. The van der Waals surface area contributed by atoms with Gasteiger partial charge in [-0.15, -0.1) is 5.10 Å². The van der Waals surface area contributed by atoms with E-state index in [2.05, 4.69) is 10.3 Å². The standard InChI is InChI=1S/C12H15FN4O/c1-8(14)9-3-4-12(11(13)5-9)18-7-10-6-17(2)16-15-10/h3-6,8H,7,14H2,1-2H3/t8-/m1/s1. The molecule has 5 nitrogen and oxygen atoms in total. The highest BCUT2D eigenvalue weighted by Gasteiger charge is 2.08. The van der Waals surface area contributed by atoms with Crippen molar-refractivity contribution in [1.29, 1.82) is 0 Å². The summed E-state index contributed by atoms with van der Waals surface area (Å²) in [5, 5.41) is 7.62. The molecule has 0 unspecified atom stereocenters. The molecule has 2 rings (SSSR count). The van der Waals surface area contributed by atoms with E-state index in [4.69, 9.17) is 10.5 Å². The van der Waals surface area contributed by atoms with Gasteiger partial charge in [-0.2, -0.15) is 0 Å². The lowest BCUT2D eigenvalue weighted by molar-refractivity contribution is 0.285. The molecule has 2 N–H and O–H groups in total. The van der Waals surface area contributed by atoms with Crippen molar-refractivity contribution >= 4 is 0 Å². The molecule has 0 bridgehead atoms. The highest BCUT2D eigenvalue weighted by molar-refractivity contribution is 5.30. The number of rotatable bonds is 4. The van der Waals surface area contributed by atoms with Crippen LogP contribution in [0.15, 0.2) is 24.4 Å². The van der Waals surface area contributed by atoms with Gasteiger partial charge in [-0.25, -0.2) is 4.39 Å². The van der Waals surface area contributed by atoms with Crippen molar-refractivity contribution in [2.24, 2.45) is 12.8 Å². The quantitative estimate of drug-likeness (QED) is 0.894. The summed E-state index contributed by atoms with van der Waals surface area (Å²) in [4.78, 5) is 0. The molecule has 18 heavy (non-hydrogen) atoms. The third-order valence-electron chi connectivity index (χ3n) is 2.51. The van der Waals surface area contributed by atoms with Gasteiger partial charge >= 0.3 is 0 Å². The summed E-state index contributed by atoms with van der Waals surface area (Å²) in [5.41, 5.74) is 7.05. The lowest BCUT2D eigenvalue weighted by atomic mass is 10.1. The first kappa shape index (κ1) is 12.5. The summed E-state index contributed by atoms with van der Waals surface area (Å²) < 4.78 is 20.6. The average molecular weight is 250 g/mol. The smallest absolute Gasteiger partial charge is 0.165 e. The van der Waals surface area contributed by atoms with E-state index in [0.717, 1.165) is 5.56 Å². The van der Waals surface area contributed by atoms with Crippen LogP contribution in [0.25, 0.3) is 0 Å². The second-order valence-electron chi connectivity index (χ2n) is 4.15. The van der Waals surface area contributed by atoms with E-state index in [-0.39, 0.29) is 18.4 Å². The van der Waals surface area contributed by atoms with Crippen LogP contribution in [0.5, 0.6) is 5.75 Å². The van der Waals surface area contributed by atoms with Gasteiger partial charge in [0.05, 0.1) is 6.20 Å². The monoisotopic (exact) mass is 250 g/mol. The number of nitrogens with zero attached hydrogens (tertiary/aromatic N) is 3. The van der Waals surface area contributed by atoms with Gasteiger partial charge in [-0.05, 0) is 24.6 Å². The van der Waals surface area contributed by atoms with Gasteiger partial charge in [0.25, 0.3) is 0 Å². The van der Waals surface area contributed by atoms with Gasteiger partial charge in [0, 0.05) is 13.1 Å². The minimum Gasteiger partial charge on any atom is -0.484 e. The molecule has 0 saturated carbocycles. The third kappa shape index (κ3) is 2.84. The summed E-state index contributed by atoms with van der Waals surface area (Å²) in [5.74, 6) is -0.237. The molecular weight excluding hydrogens is 235 g/mol. The summed E-state index contributed by atoms with van der Waals surface area (Å²) in [6.07, 6.45) is 1.72. The van der Waals surface area contributed by atoms with Crippen LogP contribution in [-0.2, 0) is 13.7 Å². The zero-order valence-electron chi connectivity index (χ0n) is 10.3. The van der Waals surface area contributed by atoms with E-state index in [1.807, 2.05) is 0 Å². The van der Waals surface area contributed by atoms with Gasteiger partial charge in [0.1, 0.15) is 12.3 Å². The normalized spacial score (nSPS) is 12.4. The largest absolute Gasteiger partial charge is 0.484 e. The van der Waals surface area contributed by atoms with E-state index in [1.165, 1.54) is 6.07 Å². The zero-order valence-corrected chi connectivity index (χ0v) is 10.3. The molecule has 0 fully saturated rings. The molecule has 0 aliphatic heterocycles. The third-order valence-corrected chi connectivity index (χ3v) is 2.51. The van der Waals surface area contributed by atoms with Crippen molar-refractivity contribution in [3.05, 3.63) is 41.5 Å². The molecule has 1 aromatic heterocycles. The topological polar surface area (TPSA) is 66.0 Å². The van der Waals surface area contributed by atoms with Crippen molar-refractivity contribution in [3.63, 3.8) is 0 Å². The molecule has 0 aliphatic carbocycles. The Kier molecular flexibility index (Phi) is 3.57. The fourth-order valence-corrected chi connectivity index (χ4v) is 1.53. The van der Waals surface area contributed by atoms with Crippen molar-refractivity contribution < 1.29 is 9.13 Å². The van der Waals surface area contributed by atoms with Crippen LogP contribution in [0, 0.1) is 5.82 Å². The van der Waals surface area contributed by atoms with Crippen LogP contribution in [0.1, 0.15) is 24.2 Å². The molecule has 0 radical (unpaired) electrons. The number of halogens is 1. The van der Waals surface area contributed by atoms with E-state index < -0.39 is 5.82 Å². The molecular formula is C12H15FN4O. The van der Waals surface area contributed by atoms with Crippen molar-refractivity contribution in [1.82, 2.24) is 15.0 Å². The van der Waals surface area contributed by atoms with Gasteiger partial charge < -0.3 is 10.5 Å². The average Bonchev–Trinajstić information content (AvgIpc) is 2.73. The fraction of sp³-hybridized carbons (Fsp3) is 0.333. The van der Waals surface area contributed by atoms with Crippen LogP contribution in [0.2, 0.25) is 0 Å². The Hall–Kier alpha value is -1.95. The number of aryl methyl sites for hydroxylation is 1. The molecule has 6 heteroatoms. The minimum atomic E-state index is -0.423. The van der Waals surface area contributed by atoms with E-state index in [1.54, 1.807) is 37.0 Å². The first-order valence-corrected chi connectivity index (χ1v) is 5.59. The Morgan fingerprint density at radius 3 is 2.83 bits per heavy atom. The van der Waals surface area contributed by atoms with Crippen LogP contribution in [0.4, 0.5) is 4.39 Å². The molecule has 0 spiro atoms. The number of hydrogen-bond donors (Lipinski definition) is 1. The second-order valence-corrected chi connectivity index (χ2v) is 4.15. The number of benzene rings is 1. The number of nitrogens with two attached hydrogens (primary N) is 1. The maximum atomic E-state index is 13.7. The Bertz CT molecular complexity index is 539. The lowest BCUT2D eigenvalue weighted by Crippen LogP contribution is -2.06. The highest BCUT2D eigenvalue weighted by Crippen LogP contribution is 2.21. The Balaban J connectivity index is 2.05. The number of ether oxygens (including phenoxy) is 1.